The van der Waals surface area contributed by atoms with Crippen molar-refractivity contribution in [3.63, 3.8) is 0 Å². The second kappa shape index (κ2) is 7.63. The molecule has 1 aliphatic rings. The van der Waals surface area contributed by atoms with Gasteiger partial charge in [-0.25, -0.2) is 0 Å². The molecular weight excluding hydrogens is 296 g/mol. The van der Waals surface area contributed by atoms with Crippen LogP contribution >= 0.6 is 0 Å². The van der Waals surface area contributed by atoms with Crippen LogP contribution in [0.4, 0.5) is 5.69 Å². The summed E-state index contributed by atoms with van der Waals surface area (Å²) in [6.07, 6.45) is 3.95. The molecule has 1 N–H and O–H groups in total. The molecule has 0 spiro atoms. The Bertz CT molecular complexity index is 693. The van der Waals surface area contributed by atoms with E-state index >= 15 is 0 Å². The zero-order chi connectivity index (χ0) is 16.9. The van der Waals surface area contributed by atoms with Crippen LogP contribution in [0.3, 0.4) is 0 Å². The molecule has 0 unspecified atom stereocenters. The summed E-state index contributed by atoms with van der Waals surface area (Å²) in [5.74, 6) is -0.0505. The van der Waals surface area contributed by atoms with Crippen LogP contribution in [-0.2, 0) is 6.54 Å². The molecule has 0 radical (unpaired) electrons. The van der Waals surface area contributed by atoms with Gasteiger partial charge in [-0.3, -0.25) is 9.69 Å². The molecule has 1 amide bonds. The van der Waals surface area contributed by atoms with E-state index in [2.05, 4.69) is 29.3 Å². The van der Waals surface area contributed by atoms with Gasteiger partial charge in [-0.2, -0.15) is 0 Å². The van der Waals surface area contributed by atoms with E-state index in [1.54, 1.807) is 0 Å². The first-order valence-corrected chi connectivity index (χ1v) is 8.83. The van der Waals surface area contributed by atoms with E-state index in [9.17, 15) is 4.79 Å². The molecule has 2 aromatic carbocycles. The van der Waals surface area contributed by atoms with Gasteiger partial charge < -0.3 is 5.32 Å². The molecule has 0 saturated carbocycles. The summed E-state index contributed by atoms with van der Waals surface area (Å²) in [6, 6.07) is 16.6. The van der Waals surface area contributed by atoms with E-state index in [1.807, 2.05) is 43.3 Å². The summed E-state index contributed by atoms with van der Waals surface area (Å²) in [6.45, 7) is 6.45. The van der Waals surface area contributed by atoms with Crippen molar-refractivity contribution in [2.75, 3.05) is 11.9 Å². The van der Waals surface area contributed by atoms with Crippen LogP contribution in [0.15, 0.2) is 48.5 Å². The molecule has 3 nitrogen and oxygen atoms in total. The Labute approximate surface area is 144 Å². The maximum absolute atomic E-state index is 12.4. The van der Waals surface area contributed by atoms with E-state index in [4.69, 9.17) is 0 Å². The monoisotopic (exact) mass is 322 g/mol. The number of carbonyl (C=O) groups excluding carboxylic acids is 1. The van der Waals surface area contributed by atoms with Gasteiger partial charge in [0.15, 0.2) is 0 Å². The number of likely N-dealkylation sites (tertiary alicyclic amines) is 1. The first-order chi connectivity index (χ1) is 11.6. The largest absolute Gasteiger partial charge is 0.322 e. The quantitative estimate of drug-likeness (QED) is 0.890. The van der Waals surface area contributed by atoms with Crippen LogP contribution in [0, 0.1) is 6.92 Å². The molecule has 3 rings (SSSR count). The molecule has 2 aromatic rings. The van der Waals surface area contributed by atoms with Gasteiger partial charge in [-0.15, -0.1) is 0 Å². The summed E-state index contributed by atoms with van der Waals surface area (Å²) in [5.41, 5.74) is 3.87. The van der Waals surface area contributed by atoms with Crippen molar-refractivity contribution in [1.29, 1.82) is 0 Å². The van der Waals surface area contributed by atoms with Gasteiger partial charge in [0.25, 0.3) is 5.91 Å². The molecule has 0 aromatic heterocycles. The lowest BCUT2D eigenvalue weighted by atomic mass is 10.0. The fourth-order valence-electron chi connectivity index (χ4n) is 3.35. The number of aryl methyl sites for hydroxylation is 1. The number of carbonyl (C=O) groups is 1. The van der Waals surface area contributed by atoms with Crippen LogP contribution in [0.2, 0.25) is 0 Å². The zero-order valence-corrected chi connectivity index (χ0v) is 14.6. The molecule has 3 heteroatoms. The number of anilines is 1. The second-order valence-corrected chi connectivity index (χ2v) is 6.78. The number of hydrogen-bond acceptors (Lipinski definition) is 2. The lowest BCUT2D eigenvalue weighted by Crippen LogP contribution is -2.36. The minimum absolute atomic E-state index is 0.0505. The van der Waals surface area contributed by atoms with Crippen molar-refractivity contribution < 1.29 is 4.79 Å². The average molecular weight is 322 g/mol. The Morgan fingerprint density at radius 2 is 1.88 bits per heavy atom. The third-order valence-corrected chi connectivity index (χ3v) is 4.93. The fraction of sp³-hybridized carbons (Fsp3) is 0.381. The number of benzene rings is 2. The van der Waals surface area contributed by atoms with E-state index in [-0.39, 0.29) is 5.91 Å². The minimum atomic E-state index is -0.0505. The Balaban J connectivity index is 1.62. The summed E-state index contributed by atoms with van der Waals surface area (Å²) < 4.78 is 0. The molecule has 24 heavy (non-hydrogen) atoms. The highest BCUT2D eigenvalue weighted by molar-refractivity contribution is 6.05. The van der Waals surface area contributed by atoms with Crippen LogP contribution in [-0.4, -0.2) is 23.4 Å². The van der Waals surface area contributed by atoms with Crippen molar-refractivity contribution in [2.24, 2.45) is 0 Å². The molecule has 1 aliphatic heterocycles. The summed E-state index contributed by atoms with van der Waals surface area (Å²) >= 11 is 0. The third kappa shape index (κ3) is 4.04. The van der Waals surface area contributed by atoms with E-state index < -0.39 is 0 Å². The molecule has 1 saturated heterocycles. The summed E-state index contributed by atoms with van der Waals surface area (Å²) in [4.78, 5) is 14.9. The first kappa shape index (κ1) is 16.7. The lowest BCUT2D eigenvalue weighted by molar-refractivity contribution is 0.102. The van der Waals surface area contributed by atoms with Crippen LogP contribution in [0.25, 0.3) is 0 Å². The number of nitrogens with zero attached hydrogens (tertiary/aromatic N) is 1. The highest BCUT2D eigenvalue weighted by atomic mass is 16.1. The minimum Gasteiger partial charge on any atom is -0.322 e. The van der Waals surface area contributed by atoms with E-state index in [0.717, 1.165) is 23.4 Å². The van der Waals surface area contributed by atoms with E-state index in [1.165, 1.54) is 31.4 Å². The van der Waals surface area contributed by atoms with Crippen LogP contribution < -0.4 is 5.32 Å². The van der Waals surface area contributed by atoms with Gasteiger partial charge in [0.2, 0.25) is 0 Å². The Morgan fingerprint density at radius 3 is 2.58 bits per heavy atom. The average Bonchev–Trinajstić information content (AvgIpc) is 2.59. The predicted molar refractivity (Wildman–Crippen MR) is 99.3 cm³/mol. The van der Waals surface area contributed by atoms with Crippen molar-refractivity contribution in [3.8, 4) is 0 Å². The number of piperidine rings is 1. The van der Waals surface area contributed by atoms with Crippen molar-refractivity contribution in [1.82, 2.24) is 4.90 Å². The fourth-order valence-corrected chi connectivity index (χ4v) is 3.35. The lowest BCUT2D eigenvalue weighted by Gasteiger charge is -2.33. The van der Waals surface area contributed by atoms with Gasteiger partial charge in [0.1, 0.15) is 0 Å². The smallest absolute Gasteiger partial charge is 0.255 e. The molecule has 0 aliphatic carbocycles. The van der Waals surface area contributed by atoms with Gasteiger partial charge in [0, 0.05) is 23.8 Å². The van der Waals surface area contributed by atoms with Crippen LogP contribution in [0.1, 0.15) is 47.7 Å². The summed E-state index contributed by atoms with van der Waals surface area (Å²) in [5, 5.41) is 2.99. The zero-order valence-electron chi connectivity index (χ0n) is 14.6. The molecule has 1 heterocycles. The molecule has 0 bridgehead atoms. The van der Waals surface area contributed by atoms with Gasteiger partial charge >= 0.3 is 0 Å². The van der Waals surface area contributed by atoms with Gasteiger partial charge in [-0.1, -0.05) is 36.8 Å². The number of rotatable bonds is 4. The second-order valence-electron chi connectivity index (χ2n) is 6.78. The standard InChI is InChI=1S/C21H26N2O/c1-16-7-3-4-9-20(16)21(24)22-19-12-10-18(11-13-19)15-23-14-6-5-8-17(23)2/h3-4,7,9-13,17H,5-6,8,14-15H2,1-2H3,(H,22,24)/t17-/m0/s1. The predicted octanol–water partition coefficient (Wildman–Crippen LogP) is 4.62. The molecule has 126 valence electrons. The first-order valence-electron chi connectivity index (χ1n) is 8.83. The van der Waals surface area contributed by atoms with Gasteiger partial charge in [-0.05, 0) is 62.6 Å². The number of nitrogens with one attached hydrogen (secondary N) is 1. The number of amides is 1. The number of hydrogen-bond donors (Lipinski definition) is 1. The highest BCUT2D eigenvalue weighted by Crippen LogP contribution is 2.20. The Hall–Kier alpha value is -2.13. The molecule has 1 fully saturated rings. The molecule has 1 atom stereocenters. The maximum Gasteiger partial charge on any atom is 0.255 e. The Kier molecular flexibility index (Phi) is 5.31. The van der Waals surface area contributed by atoms with Crippen molar-refractivity contribution in [2.45, 2.75) is 45.7 Å². The van der Waals surface area contributed by atoms with Gasteiger partial charge in [0.05, 0.1) is 0 Å². The van der Waals surface area contributed by atoms with Crippen molar-refractivity contribution >= 4 is 11.6 Å². The topological polar surface area (TPSA) is 32.3 Å². The maximum atomic E-state index is 12.4. The SMILES string of the molecule is Cc1ccccc1C(=O)Nc1ccc(CN2CCCC[C@@H]2C)cc1. The van der Waals surface area contributed by atoms with E-state index in [0.29, 0.717) is 6.04 Å². The molecular formula is C21H26N2O. The Morgan fingerprint density at radius 1 is 1.12 bits per heavy atom. The highest BCUT2D eigenvalue weighted by Gasteiger charge is 2.18. The summed E-state index contributed by atoms with van der Waals surface area (Å²) in [7, 11) is 0. The van der Waals surface area contributed by atoms with Crippen molar-refractivity contribution in [3.05, 3.63) is 65.2 Å². The third-order valence-electron chi connectivity index (χ3n) is 4.93. The van der Waals surface area contributed by atoms with Crippen LogP contribution in [0.5, 0.6) is 0 Å². The normalized spacial score (nSPS) is 18.3.